The topological polar surface area (TPSA) is 63.2 Å². The fourth-order valence-electron chi connectivity index (χ4n) is 2.32. The summed E-state index contributed by atoms with van der Waals surface area (Å²) in [7, 11) is 0. The van der Waals surface area contributed by atoms with E-state index in [1.54, 1.807) is 18.3 Å². The number of amides is 1. The number of hydrogen-bond acceptors (Lipinski definition) is 4. The number of hydrogen-bond donors (Lipinski definition) is 2. The highest BCUT2D eigenvalue weighted by atomic mass is 79.9. The summed E-state index contributed by atoms with van der Waals surface area (Å²) in [5.41, 5.74) is 1.31. The summed E-state index contributed by atoms with van der Waals surface area (Å²) < 4.78 is 41.3. The van der Waals surface area contributed by atoms with Crippen LogP contribution in [0.2, 0.25) is 0 Å². The van der Waals surface area contributed by atoms with Crippen molar-refractivity contribution in [3.05, 3.63) is 76.9 Å². The predicted molar refractivity (Wildman–Crippen MR) is 103 cm³/mol. The van der Waals surface area contributed by atoms with Crippen molar-refractivity contribution >= 4 is 39.0 Å². The minimum Gasteiger partial charge on any atom is -0.406 e. The van der Waals surface area contributed by atoms with Crippen molar-refractivity contribution in [3.8, 4) is 5.75 Å². The van der Waals surface area contributed by atoms with Crippen LogP contribution in [0.25, 0.3) is 0 Å². The molecule has 2 aromatic carbocycles. The number of nitrogens with zero attached hydrogens (tertiary/aromatic N) is 1. The van der Waals surface area contributed by atoms with Gasteiger partial charge < -0.3 is 15.4 Å². The number of nitrogens with one attached hydrogen (secondary N) is 2. The van der Waals surface area contributed by atoms with E-state index in [1.807, 2.05) is 24.3 Å². The highest BCUT2D eigenvalue weighted by Gasteiger charge is 2.31. The fraction of sp³-hybridized carbons (Fsp3) is 0.0526. The maximum Gasteiger partial charge on any atom is 0.573 e. The van der Waals surface area contributed by atoms with E-state index < -0.39 is 12.3 Å². The Balaban J connectivity index is 1.75. The molecular weight excluding hydrogens is 439 g/mol. The van der Waals surface area contributed by atoms with Gasteiger partial charge in [0.05, 0.1) is 11.3 Å². The predicted octanol–water partition coefficient (Wildman–Crippen LogP) is 5.74. The monoisotopic (exact) mass is 451 g/mol. The van der Waals surface area contributed by atoms with Crippen molar-refractivity contribution in [2.75, 3.05) is 10.6 Å². The second-order valence-electron chi connectivity index (χ2n) is 5.53. The lowest BCUT2D eigenvalue weighted by Crippen LogP contribution is -2.17. The van der Waals surface area contributed by atoms with Crippen molar-refractivity contribution < 1.29 is 22.7 Å². The van der Waals surface area contributed by atoms with Crippen LogP contribution >= 0.6 is 15.9 Å². The molecular formula is C19H13BrF3N3O2. The molecule has 0 aliphatic rings. The molecule has 0 atom stereocenters. The summed E-state index contributed by atoms with van der Waals surface area (Å²) in [6.07, 6.45) is -3.23. The van der Waals surface area contributed by atoms with Crippen LogP contribution < -0.4 is 15.4 Å². The SMILES string of the molecule is O=C(Nc1ccc(OC(F)(F)F)cc1)c1cccnc1Nc1ccccc1Br. The molecule has 0 bridgehead atoms. The van der Waals surface area contributed by atoms with Gasteiger partial charge in [-0.2, -0.15) is 0 Å². The molecule has 0 saturated carbocycles. The zero-order valence-corrected chi connectivity index (χ0v) is 15.7. The molecule has 5 nitrogen and oxygen atoms in total. The van der Waals surface area contributed by atoms with Crippen molar-refractivity contribution in [2.24, 2.45) is 0 Å². The normalized spacial score (nSPS) is 11.0. The standard InChI is InChI=1S/C19H13BrF3N3O2/c20-15-5-1-2-6-16(15)26-17-14(4-3-11-24-17)18(27)25-12-7-9-13(10-8-12)28-19(21,22)23/h1-11H,(H,24,26)(H,25,27). The Kier molecular flexibility index (Phi) is 5.84. The first kappa shape index (κ1) is 19.7. The van der Waals surface area contributed by atoms with Crippen LogP contribution in [0.5, 0.6) is 5.75 Å². The third-order valence-corrected chi connectivity index (χ3v) is 4.22. The molecule has 0 unspecified atom stereocenters. The first-order valence-electron chi connectivity index (χ1n) is 7.95. The van der Waals surface area contributed by atoms with Gasteiger partial charge in [-0.3, -0.25) is 4.79 Å². The number of aromatic nitrogens is 1. The zero-order valence-electron chi connectivity index (χ0n) is 14.1. The molecule has 1 amide bonds. The van der Waals surface area contributed by atoms with Crippen LogP contribution in [-0.4, -0.2) is 17.3 Å². The molecule has 0 saturated heterocycles. The molecule has 0 fully saturated rings. The molecule has 28 heavy (non-hydrogen) atoms. The minimum atomic E-state index is -4.77. The Morgan fingerprint density at radius 3 is 2.39 bits per heavy atom. The van der Waals surface area contributed by atoms with Crippen molar-refractivity contribution in [2.45, 2.75) is 6.36 Å². The Labute approximate surface area is 166 Å². The van der Waals surface area contributed by atoms with Gasteiger partial charge in [0.1, 0.15) is 11.6 Å². The lowest BCUT2D eigenvalue weighted by Gasteiger charge is -2.13. The lowest BCUT2D eigenvalue weighted by atomic mass is 10.2. The summed E-state index contributed by atoms with van der Waals surface area (Å²) in [4.78, 5) is 16.8. The quantitative estimate of drug-likeness (QED) is 0.519. The Hall–Kier alpha value is -3.07. The van der Waals surface area contributed by atoms with Crippen molar-refractivity contribution in [3.63, 3.8) is 0 Å². The second kappa shape index (κ2) is 8.30. The molecule has 3 rings (SSSR count). The van der Waals surface area contributed by atoms with Crippen molar-refractivity contribution in [1.29, 1.82) is 0 Å². The first-order chi connectivity index (χ1) is 13.3. The first-order valence-corrected chi connectivity index (χ1v) is 8.75. The van der Waals surface area contributed by atoms with Crippen LogP contribution in [-0.2, 0) is 0 Å². The number of halogens is 4. The molecule has 0 aliphatic heterocycles. The number of para-hydroxylation sites is 1. The fourth-order valence-corrected chi connectivity index (χ4v) is 2.70. The molecule has 3 aromatic rings. The van der Waals surface area contributed by atoms with Gasteiger partial charge in [-0.1, -0.05) is 12.1 Å². The number of carbonyl (C=O) groups excluding carboxylic acids is 1. The van der Waals surface area contributed by atoms with E-state index in [-0.39, 0.29) is 11.3 Å². The van der Waals surface area contributed by atoms with Crippen LogP contribution in [0.4, 0.5) is 30.4 Å². The highest BCUT2D eigenvalue weighted by Crippen LogP contribution is 2.27. The van der Waals surface area contributed by atoms with Gasteiger partial charge in [-0.25, -0.2) is 4.98 Å². The molecule has 0 radical (unpaired) electrons. The van der Waals surface area contributed by atoms with Gasteiger partial charge in [-0.15, -0.1) is 13.2 Å². The summed E-state index contributed by atoms with van der Waals surface area (Å²) >= 11 is 3.41. The van der Waals surface area contributed by atoms with Gasteiger partial charge in [0.2, 0.25) is 0 Å². The van der Waals surface area contributed by atoms with E-state index in [0.717, 1.165) is 22.3 Å². The van der Waals surface area contributed by atoms with E-state index >= 15 is 0 Å². The zero-order chi connectivity index (χ0) is 20.1. The average Bonchev–Trinajstić information content (AvgIpc) is 2.64. The van der Waals surface area contributed by atoms with Gasteiger partial charge >= 0.3 is 6.36 Å². The molecule has 2 N–H and O–H groups in total. The summed E-state index contributed by atoms with van der Waals surface area (Å²) in [6, 6.07) is 15.4. The van der Waals surface area contributed by atoms with Crippen LogP contribution in [0.15, 0.2) is 71.3 Å². The third kappa shape index (κ3) is 5.23. The summed E-state index contributed by atoms with van der Waals surface area (Å²) in [5.74, 6) is -0.501. The van der Waals surface area contributed by atoms with Crippen LogP contribution in [0.1, 0.15) is 10.4 Å². The smallest absolute Gasteiger partial charge is 0.406 e. The Morgan fingerprint density at radius 1 is 1.00 bits per heavy atom. The number of ether oxygens (including phenoxy) is 1. The molecule has 0 aliphatic carbocycles. The number of benzene rings is 2. The maximum atomic E-state index is 12.6. The molecule has 1 heterocycles. The maximum absolute atomic E-state index is 12.6. The van der Waals surface area contributed by atoms with Gasteiger partial charge in [0.15, 0.2) is 0 Å². The average molecular weight is 452 g/mol. The van der Waals surface area contributed by atoms with E-state index in [4.69, 9.17) is 0 Å². The number of rotatable bonds is 5. The van der Waals surface area contributed by atoms with Gasteiger partial charge in [-0.05, 0) is 64.5 Å². The Morgan fingerprint density at radius 2 is 1.71 bits per heavy atom. The molecule has 144 valence electrons. The highest BCUT2D eigenvalue weighted by molar-refractivity contribution is 9.10. The van der Waals surface area contributed by atoms with Gasteiger partial charge in [0.25, 0.3) is 5.91 Å². The van der Waals surface area contributed by atoms with E-state index in [9.17, 15) is 18.0 Å². The van der Waals surface area contributed by atoms with E-state index in [1.165, 1.54) is 12.1 Å². The third-order valence-electron chi connectivity index (χ3n) is 3.53. The van der Waals surface area contributed by atoms with Gasteiger partial charge in [0, 0.05) is 16.4 Å². The van der Waals surface area contributed by atoms with E-state index in [0.29, 0.717) is 11.5 Å². The summed E-state index contributed by atoms with van der Waals surface area (Å²) in [5, 5.41) is 5.70. The lowest BCUT2D eigenvalue weighted by molar-refractivity contribution is -0.274. The second-order valence-corrected chi connectivity index (χ2v) is 6.39. The van der Waals surface area contributed by atoms with Crippen molar-refractivity contribution in [1.82, 2.24) is 4.98 Å². The molecule has 0 spiro atoms. The van der Waals surface area contributed by atoms with E-state index in [2.05, 4.69) is 36.3 Å². The molecule has 9 heteroatoms. The largest absolute Gasteiger partial charge is 0.573 e. The molecule has 1 aromatic heterocycles. The number of alkyl halides is 3. The Bertz CT molecular complexity index is 979. The van der Waals surface area contributed by atoms with Crippen LogP contribution in [0.3, 0.4) is 0 Å². The minimum absolute atomic E-state index is 0.272. The number of pyridine rings is 1. The van der Waals surface area contributed by atoms with Crippen LogP contribution in [0, 0.1) is 0 Å². The number of anilines is 3. The number of carbonyl (C=O) groups is 1. The summed E-state index contributed by atoms with van der Waals surface area (Å²) in [6.45, 7) is 0.